The van der Waals surface area contributed by atoms with E-state index >= 15 is 0 Å². The van der Waals surface area contributed by atoms with Crippen molar-refractivity contribution in [3.8, 4) is 5.75 Å². The number of benzene rings is 1. The molecule has 1 fully saturated rings. The van der Waals surface area contributed by atoms with E-state index in [9.17, 15) is 4.79 Å². The van der Waals surface area contributed by atoms with Crippen molar-refractivity contribution >= 4 is 16.9 Å². The lowest BCUT2D eigenvalue weighted by Crippen LogP contribution is -2.29. The van der Waals surface area contributed by atoms with E-state index in [-0.39, 0.29) is 11.6 Å². The Hall–Kier alpha value is -2.90. The zero-order valence-electron chi connectivity index (χ0n) is 13.0. The molecule has 0 saturated heterocycles. The van der Waals surface area contributed by atoms with Crippen LogP contribution in [0.3, 0.4) is 0 Å². The zero-order chi connectivity index (χ0) is 16.4. The van der Waals surface area contributed by atoms with Crippen LogP contribution in [-0.4, -0.2) is 38.0 Å². The summed E-state index contributed by atoms with van der Waals surface area (Å²) >= 11 is 0. The number of nitrogens with one attached hydrogen (secondary N) is 3. The summed E-state index contributed by atoms with van der Waals surface area (Å²) in [6.45, 7) is 0.609. The zero-order valence-corrected chi connectivity index (χ0v) is 13.0. The van der Waals surface area contributed by atoms with E-state index in [0.29, 0.717) is 23.9 Å². The summed E-state index contributed by atoms with van der Waals surface area (Å²) in [6, 6.07) is 5.72. The van der Waals surface area contributed by atoms with E-state index in [2.05, 4.69) is 30.7 Å². The SMILES string of the molecule is O=c1[nH][nH]c2cc(OCC3CCCC3Nc3nccnn3)ccc12. The highest BCUT2D eigenvalue weighted by molar-refractivity contribution is 5.79. The highest BCUT2D eigenvalue weighted by Gasteiger charge is 2.28. The Morgan fingerprint density at radius 1 is 1.25 bits per heavy atom. The molecule has 4 rings (SSSR count). The maximum absolute atomic E-state index is 11.5. The summed E-state index contributed by atoms with van der Waals surface area (Å²) in [6.07, 6.45) is 6.50. The van der Waals surface area contributed by atoms with Gasteiger partial charge in [0.25, 0.3) is 5.56 Å². The lowest BCUT2D eigenvalue weighted by molar-refractivity contribution is 0.244. The number of hydrogen-bond acceptors (Lipinski definition) is 6. The standard InChI is InChI=1S/C16H18N6O2/c23-15-12-5-4-11(8-14(12)20-21-15)24-9-10-2-1-3-13(10)19-16-17-6-7-18-22-16/h4-8,10,13H,1-3,9H2,(H,17,19,22)(H2,20,21,23). The van der Waals surface area contributed by atoms with Gasteiger partial charge in [-0.3, -0.25) is 15.0 Å². The largest absolute Gasteiger partial charge is 0.493 e. The molecule has 3 aromatic rings. The first-order valence-electron chi connectivity index (χ1n) is 8.03. The van der Waals surface area contributed by atoms with E-state index in [4.69, 9.17) is 4.74 Å². The minimum Gasteiger partial charge on any atom is -0.493 e. The van der Waals surface area contributed by atoms with Crippen LogP contribution in [0.5, 0.6) is 5.75 Å². The summed E-state index contributed by atoms with van der Waals surface area (Å²) in [7, 11) is 0. The third-order valence-corrected chi connectivity index (χ3v) is 4.47. The van der Waals surface area contributed by atoms with Gasteiger partial charge in [-0.15, -0.1) is 5.10 Å². The van der Waals surface area contributed by atoms with Crippen LogP contribution in [0, 0.1) is 5.92 Å². The number of rotatable bonds is 5. The van der Waals surface area contributed by atoms with Crippen LogP contribution in [0.15, 0.2) is 35.4 Å². The van der Waals surface area contributed by atoms with Crippen molar-refractivity contribution in [2.45, 2.75) is 25.3 Å². The molecule has 2 heterocycles. The molecule has 8 nitrogen and oxygen atoms in total. The maximum atomic E-state index is 11.5. The molecule has 1 saturated carbocycles. The van der Waals surface area contributed by atoms with Crippen LogP contribution in [0.4, 0.5) is 5.95 Å². The molecule has 0 bridgehead atoms. The fourth-order valence-electron chi connectivity index (χ4n) is 3.22. The van der Waals surface area contributed by atoms with Crippen molar-refractivity contribution in [1.29, 1.82) is 0 Å². The summed E-state index contributed by atoms with van der Waals surface area (Å²) in [5.41, 5.74) is 0.635. The molecule has 0 amide bonds. The van der Waals surface area contributed by atoms with Crippen LogP contribution in [0.25, 0.3) is 10.9 Å². The quantitative estimate of drug-likeness (QED) is 0.658. The van der Waals surface area contributed by atoms with Crippen LogP contribution in [-0.2, 0) is 0 Å². The number of aromatic nitrogens is 5. The Labute approximate surface area is 137 Å². The molecule has 24 heavy (non-hydrogen) atoms. The number of anilines is 1. The Balaban J connectivity index is 1.41. The molecule has 0 aliphatic heterocycles. The Bertz CT molecular complexity index is 875. The topological polar surface area (TPSA) is 109 Å². The minimum absolute atomic E-state index is 0.118. The fourth-order valence-corrected chi connectivity index (χ4v) is 3.22. The average Bonchev–Trinajstić information content (AvgIpc) is 3.21. The van der Waals surface area contributed by atoms with Gasteiger partial charge < -0.3 is 10.1 Å². The second-order valence-corrected chi connectivity index (χ2v) is 6.01. The smallest absolute Gasteiger partial charge is 0.271 e. The molecule has 1 aliphatic rings. The van der Waals surface area contributed by atoms with E-state index in [1.54, 1.807) is 18.5 Å². The van der Waals surface area contributed by atoms with Gasteiger partial charge in [-0.25, -0.2) is 4.98 Å². The summed E-state index contributed by atoms with van der Waals surface area (Å²) in [5.74, 6) is 1.69. The molecular formula is C16H18N6O2. The van der Waals surface area contributed by atoms with Gasteiger partial charge in [0.1, 0.15) is 5.75 Å². The van der Waals surface area contributed by atoms with Crippen LogP contribution >= 0.6 is 0 Å². The second-order valence-electron chi connectivity index (χ2n) is 6.01. The first-order valence-corrected chi connectivity index (χ1v) is 8.03. The van der Waals surface area contributed by atoms with Crippen molar-refractivity contribution in [1.82, 2.24) is 25.4 Å². The molecule has 2 unspecified atom stereocenters. The monoisotopic (exact) mass is 326 g/mol. The third kappa shape index (κ3) is 2.94. The Morgan fingerprint density at radius 3 is 3.08 bits per heavy atom. The number of aromatic amines is 2. The number of hydrogen-bond donors (Lipinski definition) is 3. The number of fused-ring (bicyclic) bond motifs is 1. The van der Waals surface area contributed by atoms with Gasteiger partial charge in [-0.05, 0) is 25.0 Å². The summed E-state index contributed by atoms with van der Waals surface area (Å²) in [5, 5.41) is 17.2. The number of nitrogens with zero attached hydrogens (tertiary/aromatic N) is 3. The number of H-pyrrole nitrogens is 2. The van der Waals surface area contributed by atoms with Crippen LogP contribution in [0.1, 0.15) is 19.3 Å². The van der Waals surface area contributed by atoms with Crippen molar-refractivity contribution in [2.75, 3.05) is 11.9 Å². The molecular weight excluding hydrogens is 308 g/mol. The predicted octanol–water partition coefficient (Wildman–Crippen LogP) is 1.70. The normalized spacial score (nSPS) is 20.3. The van der Waals surface area contributed by atoms with Crippen molar-refractivity contribution in [2.24, 2.45) is 5.92 Å². The van der Waals surface area contributed by atoms with Gasteiger partial charge in [0.15, 0.2) is 0 Å². The molecule has 0 spiro atoms. The van der Waals surface area contributed by atoms with E-state index in [0.717, 1.165) is 30.5 Å². The highest BCUT2D eigenvalue weighted by atomic mass is 16.5. The molecule has 1 aliphatic carbocycles. The van der Waals surface area contributed by atoms with Crippen molar-refractivity contribution < 1.29 is 4.74 Å². The molecule has 3 N–H and O–H groups in total. The lowest BCUT2D eigenvalue weighted by atomic mass is 10.1. The molecule has 124 valence electrons. The van der Waals surface area contributed by atoms with E-state index < -0.39 is 0 Å². The van der Waals surface area contributed by atoms with Crippen molar-refractivity contribution in [3.05, 3.63) is 40.9 Å². The Kier molecular flexibility index (Phi) is 3.86. The lowest BCUT2D eigenvalue weighted by Gasteiger charge is -2.21. The number of ether oxygens (including phenoxy) is 1. The predicted molar refractivity (Wildman–Crippen MR) is 89.0 cm³/mol. The van der Waals surface area contributed by atoms with Gasteiger partial charge in [0.05, 0.1) is 29.9 Å². The van der Waals surface area contributed by atoms with Gasteiger partial charge in [0.2, 0.25) is 5.95 Å². The van der Waals surface area contributed by atoms with Crippen molar-refractivity contribution in [3.63, 3.8) is 0 Å². The van der Waals surface area contributed by atoms with Gasteiger partial charge in [0, 0.05) is 18.0 Å². The molecule has 1 aromatic carbocycles. The molecule has 2 aromatic heterocycles. The molecule has 2 atom stereocenters. The van der Waals surface area contributed by atoms with Gasteiger partial charge in [-0.2, -0.15) is 5.10 Å². The maximum Gasteiger partial charge on any atom is 0.271 e. The molecule has 0 radical (unpaired) electrons. The first kappa shape index (κ1) is 14.7. The average molecular weight is 326 g/mol. The third-order valence-electron chi connectivity index (χ3n) is 4.47. The summed E-state index contributed by atoms with van der Waals surface area (Å²) < 4.78 is 5.94. The Morgan fingerprint density at radius 2 is 2.21 bits per heavy atom. The fraction of sp³-hybridized carbons (Fsp3) is 0.375. The van der Waals surface area contributed by atoms with E-state index in [1.165, 1.54) is 0 Å². The second kappa shape index (κ2) is 6.31. The minimum atomic E-state index is -0.118. The van der Waals surface area contributed by atoms with Crippen LogP contribution < -0.4 is 15.6 Å². The van der Waals surface area contributed by atoms with Gasteiger partial charge >= 0.3 is 0 Å². The van der Waals surface area contributed by atoms with Crippen LogP contribution in [0.2, 0.25) is 0 Å². The van der Waals surface area contributed by atoms with E-state index in [1.807, 2.05) is 12.1 Å². The first-order chi connectivity index (χ1) is 11.8. The highest BCUT2D eigenvalue weighted by Crippen LogP contribution is 2.28. The summed E-state index contributed by atoms with van der Waals surface area (Å²) in [4.78, 5) is 15.7. The van der Waals surface area contributed by atoms with Gasteiger partial charge in [-0.1, -0.05) is 6.42 Å². The molecule has 8 heteroatoms.